The van der Waals surface area contributed by atoms with Gasteiger partial charge < -0.3 is 10.1 Å². The summed E-state index contributed by atoms with van der Waals surface area (Å²) in [6, 6.07) is 6.58. The second-order valence-electron chi connectivity index (χ2n) is 4.55. The zero-order chi connectivity index (χ0) is 14.4. The van der Waals surface area contributed by atoms with Crippen molar-refractivity contribution in [3.63, 3.8) is 0 Å². The van der Waals surface area contributed by atoms with E-state index >= 15 is 0 Å². The number of carbonyl (C=O) groups excluding carboxylic acids is 2. The minimum absolute atomic E-state index is 0.0294. The second-order valence-corrected chi connectivity index (χ2v) is 5.11. The Kier molecular flexibility index (Phi) is 6.02. The van der Waals surface area contributed by atoms with Crippen molar-refractivity contribution in [3.8, 4) is 0 Å². The molecule has 5 heteroatoms. The van der Waals surface area contributed by atoms with E-state index in [2.05, 4.69) is 26.0 Å². The first-order valence-corrected chi connectivity index (χ1v) is 7.15. The summed E-state index contributed by atoms with van der Waals surface area (Å²) in [6.45, 7) is 3.71. The fourth-order valence-corrected chi connectivity index (χ4v) is 1.97. The van der Waals surface area contributed by atoms with E-state index in [1.807, 2.05) is 26.0 Å². The maximum Gasteiger partial charge on any atom is 0.328 e. The molecule has 0 aliphatic carbocycles. The van der Waals surface area contributed by atoms with E-state index in [4.69, 9.17) is 0 Å². The van der Waals surface area contributed by atoms with Crippen molar-refractivity contribution in [1.29, 1.82) is 0 Å². The van der Waals surface area contributed by atoms with Crippen LogP contribution in [0.15, 0.2) is 24.3 Å². The minimum Gasteiger partial charge on any atom is -0.467 e. The number of hydrogen-bond donors (Lipinski definition) is 1. The van der Waals surface area contributed by atoms with E-state index in [0.717, 1.165) is 10.9 Å². The maximum absolute atomic E-state index is 12.0. The van der Waals surface area contributed by atoms with Gasteiger partial charge in [0.05, 0.1) is 7.11 Å². The van der Waals surface area contributed by atoms with Gasteiger partial charge in [0.1, 0.15) is 6.04 Å². The third-order valence-electron chi connectivity index (χ3n) is 2.78. The molecule has 4 nitrogen and oxygen atoms in total. The van der Waals surface area contributed by atoms with Gasteiger partial charge in [-0.1, -0.05) is 41.9 Å². The Bertz CT molecular complexity index is 443. The van der Waals surface area contributed by atoms with Crippen molar-refractivity contribution in [2.75, 3.05) is 7.11 Å². The lowest BCUT2D eigenvalue weighted by atomic mass is 10.0. The molecule has 1 amide bonds. The first kappa shape index (κ1) is 15.7. The molecule has 104 valence electrons. The van der Waals surface area contributed by atoms with Gasteiger partial charge in [0.15, 0.2) is 0 Å². The molecule has 0 spiro atoms. The number of hydrogen-bond acceptors (Lipinski definition) is 3. The summed E-state index contributed by atoms with van der Waals surface area (Å²) >= 11 is 3.35. The molecule has 1 rings (SSSR count). The molecule has 0 radical (unpaired) electrons. The number of rotatable bonds is 5. The van der Waals surface area contributed by atoms with E-state index in [-0.39, 0.29) is 11.8 Å². The number of halogens is 1. The Labute approximate surface area is 121 Å². The van der Waals surface area contributed by atoms with Crippen LogP contribution in [0.5, 0.6) is 0 Å². The summed E-state index contributed by atoms with van der Waals surface area (Å²) in [5.41, 5.74) is 1.61. The van der Waals surface area contributed by atoms with Gasteiger partial charge in [-0.15, -0.1) is 0 Å². The van der Waals surface area contributed by atoms with Crippen LogP contribution in [-0.2, 0) is 14.9 Å². The normalized spacial score (nSPS) is 12.1. The third-order valence-corrected chi connectivity index (χ3v) is 3.43. The molecule has 0 aliphatic heterocycles. The second kappa shape index (κ2) is 7.28. The predicted octanol–water partition coefficient (Wildman–Crippen LogP) is 2.51. The highest BCUT2D eigenvalue weighted by Gasteiger charge is 2.25. The summed E-state index contributed by atoms with van der Waals surface area (Å²) in [7, 11) is 1.31. The Morgan fingerprint density at radius 1 is 1.26 bits per heavy atom. The van der Waals surface area contributed by atoms with Gasteiger partial charge in [0.25, 0.3) is 5.91 Å². The average molecular weight is 328 g/mol. The van der Waals surface area contributed by atoms with Gasteiger partial charge in [-0.05, 0) is 23.6 Å². The molecule has 0 saturated carbocycles. The molecular formula is C14H18BrNO3. The van der Waals surface area contributed by atoms with Gasteiger partial charge >= 0.3 is 5.97 Å². The monoisotopic (exact) mass is 327 g/mol. The highest BCUT2D eigenvalue weighted by atomic mass is 79.9. The van der Waals surface area contributed by atoms with E-state index in [1.165, 1.54) is 7.11 Å². The molecule has 1 N–H and O–H groups in total. The summed E-state index contributed by atoms with van der Waals surface area (Å²) in [5, 5.41) is 3.44. The molecule has 1 atom stereocenters. The number of esters is 1. The van der Waals surface area contributed by atoms with Gasteiger partial charge in [0.2, 0.25) is 0 Å². The van der Waals surface area contributed by atoms with Gasteiger partial charge in [-0.25, -0.2) is 4.79 Å². The van der Waals surface area contributed by atoms with Crippen LogP contribution in [0.4, 0.5) is 0 Å². The first-order chi connectivity index (χ1) is 8.99. The topological polar surface area (TPSA) is 55.4 Å². The van der Waals surface area contributed by atoms with E-state index in [9.17, 15) is 9.59 Å². The van der Waals surface area contributed by atoms with E-state index < -0.39 is 12.0 Å². The number of ether oxygens (including phenoxy) is 1. The third kappa shape index (κ3) is 4.35. The molecule has 0 heterocycles. The Morgan fingerprint density at radius 3 is 2.26 bits per heavy atom. The minimum atomic E-state index is -0.631. The molecule has 0 fully saturated rings. The summed E-state index contributed by atoms with van der Waals surface area (Å²) < 4.78 is 4.69. The summed E-state index contributed by atoms with van der Waals surface area (Å²) in [5.74, 6) is -0.733. The zero-order valence-corrected chi connectivity index (χ0v) is 12.9. The SMILES string of the molecule is COC(=O)[C@@H](NC(=O)c1ccc(CBr)cc1)C(C)C. The summed E-state index contributed by atoms with van der Waals surface area (Å²) in [6.07, 6.45) is 0. The zero-order valence-electron chi connectivity index (χ0n) is 11.3. The molecular weight excluding hydrogens is 310 g/mol. The van der Waals surface area contributed by atoms with Crippen LogP contribution in [-0.4, -0.2) is 25.0 Å². The molecule has 1 aromatic rings. The highest BCUT2D eigenvalue weighted by molar-refractivity contribution is 9.08. The van der Waals surface area contributed by atoms with Crippen molar-refractivity contribution >= 4 is 27.8 Å². The molecule has 0 unspecified atom stereocenters. The molecule has 1 aromatic carbocycles. The number of methoxy groups -OCH3 is 1. The van der Waals surface area contributed by atoms with Crippen LogP contribution < -0.4 is 5.32 Å². The Morgan fingerprint density at radius 2 is 1.84 bits per heavy atom. The first-order valence-electron chi connectivity index (χ1n) is 6.03. The van der Waals surface area contributed by atoms with Crippen LogP contribution in [0, 0.1) is 5.92 Å². The van der Waals surface area contributed by atoms with Crippen molar-refractivity contribution in [2.24, 2.45) is 5.92 Å². The number of alkyl halides is 1. The Balaban J connectivity index is 2.78. The predicted molar refractivity (Wildman–Crippen MR) is 77.2 cm³/mol. The highest BCUT2D eigenvalue weighted by Crippen LogP contribution is 2.10. The van der Waals surface area contributed by atoms with Crippen molar-refractivity contribution < 1.29 is 14.3 Å². The van der Waals surface area contributed by atoms with E-state index in [1.54, 1.807) is 12.1 Å². The fourth-order valence-electron chi connectivity index (χ4n) is 1.59. The number of nitrogens with one attached hydrogen (secondary N) is 1. The summed E-state index contributed by atoms with van der Waals surface area (Å²) in [4.78, 5) is 23.6. The number of benzene rings is 1. The average Bonchev–Trinajstić information content (AvgIpc) is 2.43. The van der Waals surface area contributed by atoms with Crippen molar-refractivity contribution in [2.45, 2.75) is 25.2 Å². The largest absolute Gasteiger partial charge is 0.467 e. The lowest BCUT2D eigenvalue weighted by Crippen LogP contribution is -2.45. The van der Waals surface area contributed by atoms with Crippen LogP contribution >= 0.6 is 15.9 Å². The van der Waals surface area contributed by atoms with Gasteiger partial charge in [0, 0.05) is 10.9 Å². The van der Waals surface area contributed by atoms with Crippen LogP contribution in [0.2, 0.25) is 0 Å². The van der Waals surface area contributed by atoms with Crippen LogP contribution in [0.25, 0.3) is 0 Å². The molecule has 0 bridgehead atoms. The smallest absolute Gasteiger partial charge is 0.328 e. The van der Waals surface area contributed by atoms with Crippen LogP contribution in [0.3, 0.4) is 0 Å². The van der Waals surface area contributed by atoms with Gasteiger partial charge in [-0.2, -0.15) is 0 Å². The molecule has 0 aromatic heterocycles. The van der Waals surface area contributed by atoms with E-state index in [0.29, 0.717) is 5.56 Å². The molecule has 0 aliphatic rings. The number of amides is 1. The quantitative estimate of drug-likeness (QED) is 0.667. The lowest BCUT2D eigenvalue weighted by Gasteiger charge is -2.19. The fraction of sp³-hybridized carbons (Fsp3) is 0.429. The molecule has 0 saturated heterocycles. The standard InChI is InChI=1S/C14H18BrNO3/c1-9(2)12(14(18)19-3)16-13(17)11-6-4-10(8-15)5-7-11/h4-7,9,12H,8H2,1-3H3,(H,16,17)/t12-/m0/s1. The lowest BCUT2D eigenvalue weighted by molar-refractivity contribution is -0.144. The maximum atomic E-state index is 12.0. The molecule has 19 heavy (non-hydrogen) atoms. The van der Waals surface area contributed by atoms with Crippen molar-refractivity contribution in [3.05, 3.63) is 35.4 Å². The Hall–Kier alpha value is -1.36. The van der Waals surface area contributed by atoms with Crippen molar-refractivity contribution in [1.82, 2.24) is 5.32 Å². The van der Waals surface area contributed by atoms with Gasteiger partial charge in [-0.3, -0.25) is 4.79 Å². The van der Waals surface area contributed by atoms with Crippen LogP contribution in [0.1, 0.15) is 29.8 Å². The number of carbonyl (C=O) groups is 2.